The first-order chi connectivity index (χ1) is 7.41. The number of rotatable bonds is 7. The third kappa shape index (κ3) is 7.37. The number of ketones is 1. The van der Waals surface area contributed by atoms with E-state index >= 15 is 0 Å². The summed E-state index contributed by atoms with van der Waals surface area (Å²) in [7, 11) is 1.51. The van der Waals surface area contributed by atoms with E-state index in [-0.39, 0.29) is 0 Å². The number of halogens is 3. The number of hydrogen-bond donors (Lipinski definition) is 0. The summed E-state index contributed by atoms with van der Waals surface area (Å²) in [5, 5.41) is 0. The Balaban J connectivity index is 4.17. The fraction of sp³-hybridized carbons (Fsp3) is 0.727. The van der Waals surface area contributed by atoms with Crippen LogP contribution in [0.2, 0.25) is 0 Å². The fourth-order valence-corrected chi connectivity index (χ4v) is 1.35. The molecule has 0 N–H and O–H groups in total. The van der Waals surface area contributed by atoms with Crippen molar-refractivity contribution in [3.63, 3.8) is 0 Å². The third-order valence-electron chi connectivity index (χ3n) is 2.11. The van der Waals surface area contributed by atoms with E-state index in [2.05, 4.69) is 6.92 Å². The van der Waals surface area contributed by atoms with E-state index in [1.807, 2.05) is 0 Å². The zero-order valence-electron chi connectivity index (χ0n) is 9.56. The summed E-state index contributed by atoms with van der Waals surface area (Å²) in [6, 6.07) is 0. The van der Waals surface area contributed by atoms with Gasteiger partial charge in [-0.1, -0.05) is 61.0 Å². The van der Waals surface area contributed by atoms with Crippen LogP contribution in [0.3, 0.4) is 0 Å². The molecule has 0 saturated heterocycles. The molecule has 94 valence electrons. The maximum Gasteiger partial charge on any atom is 0.252 e. The Kier molecular flexibility index (Phi) is 8.25. The minimum atomic E-state index is -1.90. The van der Waals surface area contributed by atoms with Crippen molar-refractivity contribution in [3.05, 3.63) is 11.8 Å². The van der Waals surface area contributed by atoms with Crippen LogP contribution in [0, 0.1) is 0 Å². The summed E-state index contributed by atoms with van der Waals surface area (Å²) >= 11 is 16.3. The molecule has 5 heteroatoms. The van der Waals surface area contributed by atoms with E-state index in [1.165, 1.54) is 26.0 Å². The van der Waals surface area contributed by atoms with Gasteiger partial charge in [0.2, 0.25) is 5.78 Å². The Hall–Kier alpha value is 0.0800. The molecule has 0 aromatic carbocycles. The summed E-state index contributed by atoms with van der Waals surface area (Å²) in [6.45, 7) is 2.14. The Bertz CT molecular complexity index is 244. The first-order valence-corrected chi connectivity index (χ1v) is 6.41. The molecule has 0 saturated carbocycles. The van der Waals surface area contributed by atoms with Gasteiger partial charge in [-0.15, -0.1) is 0 Å². The van der Waals surface area contributed by atoms with Gasteiger partial charge in [0.1, 0.15) is 0 Å². The van der Waals surface area contributed by atoms with Gasteiger partial charge in [-0.2, -0.15) is 0 Å². The van der Waals surface area contributed by atoms with E-state index in [1.54, 1.807) is 0 Å². The summed E-state index contributed by atoms with van der Waals surface area (Å²) in [4.78, 5) is 11.4. The van der Waals surface area contributed by atoms with E-state index in [0.717, 1.165) is 12.8 Å². The second-order valence-corrected chi connectivity index (χ2v) is 5.77. The number of allylic oxidation sites excluding steroid dienone is 2. The molecule has 0 rings (SSSR count). The highest BCUT2D eigenvalue weighted by Gasteiger charge is 2.28. The molecule has 0 amide bonds. The van der Waals surface area contributed by atoms with Crippen LogP contribution in [-0.2, 0) is 9.53 Å². The van der Waals surface area contributed by atoms with Gasteiger partial charge in [0.05, 0.1) is 12.9 Å². The number of ether oxygens (including phenoxy) is 1. The predicted octanol–water partition coefficient (Wildman–Crippen LogP) is 4.43. The van der Waals surface area contributed by atoms with Crippen molar-refractivity contribution in [2.75, 3.05) is 7.11 Å². The van der Waals surface area contributed by atoms with E-state index in [9.17, 15) is 4.79 Å². The molecule has 0 aliphatic rings. The minimum absolute atomic E-state index is 0.562. The van der Waals surface area contributed by atoms with E-state index in [4.69, 9.17) is 39.5 Å². The van der Waals surface area contributed by atoms with Gasteiger partial charge in [-0.3, -0.25) is 4.79 Å². The van der Waals surface area contributed by atoms with Gasteiger partial charge in [0, 0.05) is 12.5 Å². The summed E-state index contributed by atoms with van der Waals surface area (Å²) < 4.78 is 3.17. The molecule has 0 radical (unpaired) electrons. The van der Waals surface area contributed by atoms with Gasteiger partial charge in [-0.05, 0) is 6.42 Å². The van der Waals surface area contributed by atoms with Gasteiger partial charge < -0.3 is 4.74 Å². The molecule has 0 aromatic heterocycles. The molecule has 16 heavy (non-hydrogen) atoms. The average molecular weight is 288 g/mol. The van der Waals surface area contributed by atoms with Gasteiger partial charge in [-0.25, -0.2) is 0 Å². The van der Waals surface area contributed by atoms with Crippen LogP contribution in [0.1, 0.15) is 39.0 Å². The molecule has 0 spiro atoms. The summed E-state index contributed by atoms with van der Waals surface area (Å²) in [6.07, 6.45) is 6.39. The van der Waals surface area contributed by atoms with Crippen LogP contribution in [-0.4, -0.2) is 16.7 Å². The zero-order valence-corrected chi connectivity index (χ0v) is 11.8. The van der Waals surface area contributed by atoms with Crippen molar-refractivity contribution in [2.45, 2.75) is 42.8 Å². The molecule has 0 heterocycles. The highest BCUT2D eigenvalue weighted by molar-refractivity contribution is 6.77. The monoisotopic (exact) mass is 286 g/mol. The van der Waals surface area contributed by atoms with Crippen molar-refractivity contribution < 1.29 is 9.53 Å². The number of methoxy groups -OCH3 is 1. The topological polar surface area (TPSA) is 26.3 Å². The van der Waals surface area contributed by atoms with Crippen molar-refractivity contribution in [1.82, 2.24) is 0 Å². The van der Waals surface area contributed by atoms with E-state index in [0.29, 0.717) is 12.2 Å². The van der Waals surface area contributed by atoms with Crippen molar-refractivity contribution >= 4 is 40.6 Å². The first kappa shape index (κ1) is 16.1. The maximum atomic E-state index is 11.4. The first-order valence-electron chi connectivity index (χ1n) is 5.27. The Morgan fingerprint density at radius 2 is 1.88 bits per heavy atom. The van der Waals surface area contributed by atoms with Crippen LogP contribution < -0.4 is 0 Å². The average Bonchev–Trinajstić information content (AvgIpc) is 2.20. The minimum Gasteiger partial charge on any atom is -0.501 e. The number of hydrogen-bond acceptors (Lipinski definition) is 2. The Labute approximate surface area is 112 Å². The van der Waals surface area contributed by atoms with Crippen molar-refractivity contribution in [3.8, 4) is 0 Å². The van der Waals surface area contributed by atoms with Gasteiger partial charge in [0.25, 0.3) is 3.79 Å². The highest BCUT2D eigenvalue weighted by Crippen LogP contribution is 2.28. The van der Waals surface area contributed by atoms with Gasteiger partial charge >= 0.3 is 0 Å². The molecule has 2 nitrogen and oxygen atoms in total. The zero-order chi connectivity index (χ0) is 12.6. The van der Waals surface area contributed by atoms with Crippen LogP contribution in [0.15, 0.2) is 11.8 Å². The molecular formula is C11H17Cl3O2. The molecule has 0 aliphatic carbocycles. The smallest absolute Gasteiger partial charge is 0.252 e. The lowest BCUT2D eigenvalue weighted by Crippen LogP contribution is -2.16. The van der Waals surface area contributed by atoms with E-state index < -0.39 is 9.58 Å². The van der Waals surface area contributed by atoms with Crippen molar-refractivity contribution in [1.29, 1.82) is 0 Å². The molecule has 0 bridgehead atoms. The van der Waals surface area contributed by atoms with Crippen LogP contribution in [0.4, 0.5) is 0 Å². The molecular weight excluding hydrogens is 270 g/mol. The fourth-order valence-electron chi connectivity index (χ4n) is 1.19. The van der Waals surface area contributed by atoms with Gasteiger partial charge in [0.15, 0.2) is 0 Å². The Morgan fingerprint density at radius 1 is 1.25 bits per heavy atom. The normalized spacial score (nSPS) is 12.7. The third-order valence-corrected chi connectivity index (χ3v) is 2.67. The standard InChI is InChI=1S/C11H17Cl3O2/c1-3-4-5-6-7-9(16-2)8-10(15)11(12,13)14/h8H,3-7H2,1-2H3/b9-8+. The molecule has 0 atom stereocenters. The number of unbranched alkanes of at least 4 members (excludes halogenated alkanes) is 3. The van der Waals surface area contributed by atoms with Crippen LogP contribution >= 0.6 is 34.8 Å². The summed E-state index contributed by atoms with van der Waals surface area (Å²) in [5.74, 6) is -0.00253. The number of carbonyl (C=O) groups excluding carboxylic acids is 1. The van der Waals surface area contributed by atoms with Crippen molar-refractivity contribution in [2.24, 2.45) is 0 Å². The molecule has 0 aliphatic heterocycles. The summed E-state index contributed by atoms with van der Waals surface area (Å²) in [5.41, 5.74) is 0. The number of alkyl halides is 3. The molecule has 0 aromatic rings. The lowest BCUT2D eigenvalue weighted by Gasteiger charge is -2.09. The predicted molar refractivity (Wildman–Crippen MR) is 69.1 cm³/mol. The molecule has 0 fully saturated rings. The Morgan fingerprint density at radius 3 is 2.31 bits per heavy atom. The second-order valence-electron chi connectivity index (χ2n) is 3.49. The highest BCUT2D eigenvalue weighted by atomic mass is 35.6. The van der Waals surface area contributed by atoms with Crippen LogP contribution in [0.25, 0.3) is 0 Å². The number of carbonyl (C=O) groups is 1. The lowest BCUT2D eigenvalue weighted by molar-refractivity contribution is -0.114. The quantitative estimate of drug-likeness (QED) is 0.300. The SMILES string of the molecule is CCCCCC/C(=C\C(=O)C(Cl)(Cl)Cl)OC. The molecule has 0 unspecified atom stereocenters. The van der Waals surface area contributed by atoms with Crippen LogP contribution in [0.5, 0.6) is 0 Å². The largest absolute Gasteiger partial charge is 0.501 e. The maximum absolute atomic E-state index is 11.4. The second kappa shape index (κ2) is 8.21. The lowest BCUT2D eigenvalue weighted by atomic mass is 10.1.